The van der Waals surface area contributed by atoms with Gasteiger partial charge in [0.15, 0.2) is 5.82 Å². The Hall–Kier alpha value is -2.67. The van der Waals surface area contributed by atoms with Crippen LogP contribution in [0.5, 0.6) is 0 Å². The second kappa shape index (κ2) is 5.76. The summed E-state index contributed by atoms with van der Waals surface area (Å²) in [7, 11) is 1.81. The van der Waals surface area contributed by atoms with Gasteiger partial charge in [-0.15, -0.1) is 10.2 Å². The fourth-order valence-corrected chi connectivity index (χ4v) is 3.28. The third-order valence-electron chi connectivity index (χ3n) is 4.34. The van der Waals surface area contributed by atoms with Crippen molar-refractivity contribution in [2.24, 2.45) is 0 Å². The van der Waals surface area contributed by atoms with Gasteiger partial charge in [-0.25, -0.2) is 4.98 Å². The number of amides is 1. The van der Waals surface area contributed by atoms with E-state index in [0.29, 0.717) is 22.9 Å². The van der Waals surface area contributed by atoms with Crippen LogP contribution in [-0.2, 0) is 4.79 Å². The van der Waals surface area contributed by atoms with Crippen LogP contribution in [0.3, 0.4) is 0 Å². The molecule has 1 aliphatic heterocycles. The van der Waals surface area contributed by atoms with E-state index in [2.05, 4.69) is 20.5 Å². The summed E-state index contributed by atoms with van der Waals surface area (Å²) in [5.74, 6) is 0.697. The minimum absolute atomic E-state index is 0.0841. The standard InChI is InChI=1S/C16H15ClN6O/c1-22-13(24)8-12(14(22)10-2-4-11(17)5-3-10)20-15-16-21-19-9-23(16)7-6-18-15/h2-7,9,12,14H,8H2,1H3,(H,18,20)/t12-,14-/m1/s1. The van der Waals surface area contributed by atoms with Crippen LogP contribution in [0, 0.1) is 0 Å². The van der Waals surface area contributed by atoms with Crippen LogP contribution >= 0.6 is 11.6 Å². The monoisotopic (exact) mass is 342 g/mol. The van der Waals surface area contributed by atoms with Crippen molar-refractivity contribution in [3.05, 3.63) is 53.6 Å². The molecular weight excluding hydrogens is 328 g/mol. The van der Waals surface area contributed by atoms with E-state index in [1.165, 1.54) is 0 Å². The smallest absolute Gasteiger partial charge is 0.225 e. The minimum Gasteiger partial charge on any atom is -0.361 e. The second-order valence-corrected chi connectivity index (χ2v) is 6.23. The van der Waals surface area contributed by atoms with Crippen molar-refractivity contribution in [3.63, 3.8) is 0 Å². The van der Waals surface area contributed by atoms with E-state index in [1.807, 2.05) is 31.3 Å². The van der Waals surface area contributed by atoms with E-state index < -0.39 is 0 Å². The van der Waals surface area contributed by atoms with E-state index in [1.54, 1.807) is 28.0 Å². The number of likely N-dealkylation sites (tertiary alicyclic amines) is 1. The molecule has 1 N–H and O–H groups in total. The van der Waals surface area contributed by atoms with Crippen LogP contribution in [0.15, 0.2) is 43.0 Å². The number of hydrogen-bond donors (Lipinski definition) is 1. The fourth-order valence-electron chi connectivity index (χ4n) is 3.15. The summed E-state index contributed by atoms with van der Waals surface area (Å²) in [6, 6.07) is 7.35. The van der Waals surface area contributed by atoms with Gasteiger partial charge in [0.2, 0.25) is 11.6 Å². The van der Waals surface area contributed by atoms with Gasteiger partial charge in [0.05, 0.1) is 12.1 Å². The minimum atomic E-state index is -0.112. The zero-order valence-electron chi connectivity index (χ0n) is 12.9. The van der Waals surface area contributed by atoms with Crippen LogP contribution in [0.1, 0.15) is 18.0 Å². The lowest BCUT2D eigenvalue weighted by atomic mass is 10.0. The van der Waals surface area contributed by atoms with Gasteiger partial charge in [-0.2, -0.15) is 0 Å². The highest BCUT2D eigenvalue weighted by molar-refractivity contribution is 6.30. The summed E-state index contributed by atoms with van der Waals surface area (Å²) < 4.78 is 1.78. The van der Waals surface area contributed by atoms with Gasteiger partial charge in [0, 0.05) is 30.9 Å². The van der Waals surface area contributed by atoms with Crippen molar-refractivity contribution >= 4 is 29.0 Å². The van der Waals surface area contributed by atoms with E-state index >= 15 is 0 Å². The van der Waals surface area contributed by atoms with Crippen LogP contribution in [-0.4, -0.2) is 43.5 Å². The van der Waals surface area contributed by atoms with Crippen molar-refractivity contribution in [2.75, 3.05) is 12.4 Å². The number of benzene rings is 1. The number of hydrogen-bond acceptors (Lipinski definition) is 5. The molecule has 3 aromatic rings. The predicted octanol–water partition coefficient (Wildman–Crippen LogP) is 2.16. The second-order valence-electron chi connectivity index (χ2n) is 5.79. The van der Waals surface area contributed by atoms with E-state index in [0.717, 1.165) is 5.56 Å². The molecular formula is C16H15ClN6O. The van der Waals surface area contributed by atoms with Crippen molar-refractivity contribution in [3.8, 4) is 0 Å². The number of fused-ring (bicyclic) bond motifs is 1. The van der Waals surface area contributed by atoms with Crippen molar-refractivity contribution in [1.82, 2.24) is 24.5 Å². The van der Waals surface area contributed by atoms with Crippen LogP contribution in [0.4, 0.5) is 5.82 Å². The Morgan fingerprint density at radius 3 is 2.88 bits per heavy atom. The molecule has 1 saturated heterocycles. The van der Waals surface area contributed by atoms with Gasteiger partial charge in [-0.3, -0.25) is 9.20 Å². The van der Waals surface area contributed by atoms with Crippen LogP contribution in [0.2, 0.25) is 5.02 Å². The molecule has 8 heteroatoms. The maximum atomic E-state index is 12.2. The molecule has 0 aliphatic carbocycles. The molecule has 0 radical (unpaired) electrons. The number of carbonyl (C=O) groups excluding carboxylic acids is 1. The summed E-state index contributed by atoms with van der Waals surface area (Å²) in [6.45, 7) is 0. The molecule has 0 spiro atoms. The molecule has 2 aromatic heterocycles. The molecule has 1 aliphatic rings. The first-order valence-electron chi connectivity index (χ1n) is 7.55. The first-order valence-corrected chi connectivity index (χ1v) is 7.93. The number of nitrogens with one attached hydrogen (secondary N) is 1. The lowest BCUT2D eigenvalue weighted by molar-refractivity contribution is -0.127. The molecule has 4 rings (SSSR count). The highest BCUT2D eigenvalue weighted by Gasteiger charge is 2.39. The van der Waals surface area contributed by atoms with Gasteiger partial charge in [0.25, 0.3) is 0 Å². The van der Waals surface area contributed by atoms with Gasteiger partial charge in [0.1, 0.15) is 6.33 Å². The van der Waals surface area contributed by atoms with E-state index in [9.17, 15) is 4.79 Å². The Balaban J connectivity index is 1.69. The quantitative estimate of drug-likeness (QED) is 0.789. The van der Waals surface area contributed by atoms with Crippen LogP contribution < -0.4 is 5.32 Å². The molecule has 0 unspecified atom stereocenters. The van der Waals surface area contributed by atoms with Crippen molar-refractivity contribution in [2.45, 2.75) is 18.5 Å². The molecule has 1 amide bonds. The number of likely N-dealkylation sites (N-methyl/N-ethyl adjacent to an activating group) is 1. The molecule has 122 valence electrons. The number of nitrogens with zero attached hydrogens (tertiary/aromatic N) is 5. The Kier molecular flexibility index (Phi) is 3.57. The summed E-state index contributed by atoms with van der Waals surface area (Å²) in [5.41, 5.74) is 1.66. The Bertz CT molecular complexity index is 893. The maximum Gasteiger partial charge on any atom is 0.225 e. The van der Waals surface area contributed by atoms with Gasteiger partial charge in [-0.1, -0.05) is 23.7 Å². The zero-order valence-corrected chi connectivity index (χ0v) is 13.7. The lowest BCUT2D eigenvalue weighted by Crippen LogP contribution is -2.30. The summed E-state index contributed by atoms with van der Waals surface area (Å²) in [5, 5.41) is 12.0. The number of carbonyl (C=O) groups is 1. The molecule has 0 saturated carbocycles. The lowest BCUT2D eigenvalue weighted by Gasteiger charge is -2.26. The number of halogens is 1. The highest BCUT2D eigenvalue weighted by atomic mass is 35.5. The Morgan fingerprint density at radius 2 is 2.08 bits per heavy atom. The highest BCUT2D eigenvalue weighted by Crippen LogP contribution is 2.34. The van der Waals surface area contributed by atoms with Gasteiger partial charge < -0.3 is 10.2 Å². The predicted molar refractivity (Wildman–Crippen MR) is 89.8 cm³/mol. The molecule has 0 bridgehead atoms. The molecule has 1 fully saturated rings. The van der Waals surface area contributed by atoms with Crippen molar-refractivity contribution < 1.29 is 4.79 Å². The van der Waals surface area contributed by atoms with Gasteiger partial charge >= 0.3 is 0 Å². The number of rotatable bonds is 3. The summed E-state index contributed by atoms with van der Waals surface area (Å²) in [6.07, 6.45) is 5.46. The average Bonchev–Trinajstić information content (AvgIpc) is 3.15. The molecule has 3 heterocycles. The Labute approximate surface area is 143 Å². The molecule has 24 heavy (non-hydrogen) atoms. The van der Waals surface area contributed by atoms with E-state index in [4.69, 9.17) is 11.6 Å². The topological polar surface area (TPSA) is 75.4 Å². The largest absolute Gasteiger partial charge is 0.361 e. The van der Waals surface area contributed by atoms with Crippen LogP contribution in [0.25, 0.3) is 5.65 Å². The maximum absolute atomic E-state index is 12.2. The summed E-state index contributed by atoms with van der Waals surface area (Å²) >= 11 is 5.98. The third-order valence-corrected chi connectivity index (χ3v) is 4.59. The van der Waals surface area contributed by atoms with Crippen molar-refractivity contribution in [1.29, 1.82) is 0 Å². The molecule has 1 aromatic carbocycles. The van der Waals surface area contributed by atoms with Gasteiger partial charge in [-0.05, 0) is 17.7 Å². The summed E-state index contributed by atoms with van der Waals surface area (Å²) in [4.78, 5) is 18.3. The Morgan fingerprint density at radius 1 is 1.29 bits per heavy atom. The fraction of sp³-hybridized carbons (Fsp3) is 0.250. The molecule has 2 atom stereocenters. The number of anilines is 1. The normalized spacial score (nSPS) is 20.8. The third kappa shape index (κ3) is 2.46. The first kappa shape index (κ1) is 14.9. The van der Waals surface area contributed by atoms with E-state index in [-0.39, 0.29) is 18.0 Å². The SMILES string of the molecule is CN1C(=O)C[C@@H](Nc2nccn3cnnc23)[C@H]1c1ccc(Cl)cc1. The number of aromatic nitrogens is 4. The molecule has 7 nitrogen and oxygen atoms in total. The average molecular weight is 343 g/mol. The zero-order chi connectivity index (χ0) is 16.7. The first-order chi connectivity index (χ1) is 11.6.